The van der Waals surface area contributed by atoms with Crippen LogP contribution < -0.4 is 4.74 Å². The van der Waals surface area contributed by atoms with E-state index < -0.39 is 11.9 Å². The van der Waals surface area contributed by atoms with Gasteiger partial charge in [0.1, 0.15) is 36.1 Å². The van der Waals surface area contributed by atoms with Crippen molar-refractivity contribution in [3.05, 3.63) is 22.3 Å². The van der Waals surface area contributed by atoms with Crippen LogP contribution in [0.1, 0.15) is 46.3 Å². The summed E-state index contributed by atoms with van der Waals surface area (Å²) in [6.45, 7) is 5.86. The van der Waals surface area contributed by atoms with E-state index in [1.54, 1.807) is 6.92 Å². The Bertz CT molecular complexity index is 845. The first-order valence-electron chi connectivity index (χ1n) is 10.5. The number of hydrogen-bond donors (Lipinski definition) is 1. The van der Waals surface area contributed by atoms with Gasteiger partial charge in [0.25, 0.3) is 0 Å². The summed E-state index contributed by atoms with van der Waals surface area (Å²) in [6.07, 6.45) is 0.381. The number of ether oxygens (including phenoxy) is 4. The number of cyclic esters (lactones) is 1. The molecular formula is C22H29NO8. The largest absolute Gasteiger partial charge is 0.507 e. The predicted molar refractivity (Wildman–Crippen MR) is 109 cm³/mol. The number of rotatable bonds is 10. The maximum absolute atomic E-state index is 12.3. The van der Waals surface area contributed by atoms with Crippen molar-refractivity contribution in [2.45, 2.75) is 39.2 Å². The number of phenolic OH excluding ortho intramolecular Hbond substituents is 1. The van der Waals surface area contributed by atoms with Crippen LogP contribution in [0.25, 0.3) is 0 Å². The lowest BCUT2D eigenvalue weighted by Crippen LogP contribution is -2.38. The molecule has 2 aliphatic heterocycles. The number of Topliss-reactive ketones (excluding diaryl/α,β-unsaturated/α-hetero) is 1. The Morgan fingerprint density at radius 1 is 1.16 bits per heavy atom. The van der Waals surface area contributed by atoms with Gasteiger partial charge in [-0.05, 0) is 18.9 Å². The minimum atomic E-state index is -0.578. The third kappa shape index (κ3) is 5.54. The Balaban J connectivity index is 1.47. The van der Waals surface area contributed by atoms with Crippen LogP contribution in [0.3, 0.4) is 0 Å². The standard InChI is InChI=1S/C22H29NO8/c1-14-17-13-31-22(27)19(17)20(26)16(21(14)28-2)5-3-15(24)4-6-18(25)30-12-9-23-7-10-29-11-8-23/h26H,3-13H2,1-2H3. The molecule has 0 amide bonds. The van der Waals surface area contributed by atoms with Crippen LogP contribution in [-0.2, 0) is 36.8 Å². The Hall–Kier alpha value is -2.65. The quantitative estimate of drug-likeness (QED) is 0.547. The van der Waals surface area contributed by atoms with Gasteiger partial charge in [0.05, 0.1) is 26.7 Å². The van der Waals surface area contributed by atoms with Crippen molar-refractivity contribution in [1.29, 1.82) is 0 Å². The number of fused-ring (bicyclic) bond motifs is 1. The highest BCUT2D eigenvalue weighted by molar-refractivity contribution is 5.98. The molecule has 1 saturated heterocycles. The maximum Gasteiger partial charge on any atom is 0.342 e. The van der Waals surface area contributed by atoms with Crippen molar-refractivity contribution in [3.63, 3.8) is 0 Å². The van der Waals surface area contributed by atoms with Gasteiger partial charge in [0, 0.05) is 43.6 Å². The zero-order chi connectivity index (χ0) is 22.4. The molecule has 0 radical (unpaired) electrons. The van der Waals surface area contributed by atoms with Crippen molar-refractivity contribution in [2.75, 3.05) is 46.6 Å². The fourth-order valence-corrected chi connectivity index (χ4v) is 3.89. The Labute approximate surface area is 181 Å². The van der Waals surface area contributed by atoms with E-state index >= 15 is 0 Å². The second-order valence-corrected chi connectivity index (χ2v) is 7.63. The zero-order valence-corrected chi connectivity index (χ0v) is 18.0. The van der Waals surface area contributed by atoms with E-state index in [-0.39, 0.29) is 49.4 Å². The molecule has 0 aliphatic carbocycles. The van der Waals surface area contributed by atoms with Crippen molar-refractivity contribution in [1.82, 2.24) is 4.90 Å². The number of nitrogens with zero attached hydrogens (tertiary/aromatic N) is 1. The number of esters is 2. The number of ketones is 1. The van der Waals surface area contributed by atoms with Crippen molar-refractivity contribution >= 4 is 17.7 Å². The lowest BCUT2D eigenvalue weighted by Gasteiger charge is -2.26. The highest BCUT2D eigenvalue weighted by Crippen LogP contribution is 2.42. The lowest BCUT2D eigenvalue weighted by molar-refractivity contribution is -0.145. The smallest absolute Gasteiger partial charge is 0.342 e. The third-order valence-electron chi connectivity index (χ3n) is 5.68. The van der Waals surface area contributed by atoms with Crippen LogP contribution in [0.4, 0.5) is 0 Å². The van der Waals surface area contributed by atoms with Gasteiger partial charge in [-0.15, -0.1) is 0 Å². The van der Waals surface area contributed by atoms with Gasteiger partial charge in [0.15, 0.2) is 0 Å². The van der Waals surface area contributed by atoms with Gasteiger partial charge in [-0.3, -0.25) is 14.5 Å². The molecule has 9 nitrogen and oxygen atoms in total. The summed E-state index contributed by atoms with van der Waals surface area (Å²) in [7, 11) is 1.48. The normalized spacial score (nSPS) is 16.0. The van der Waals surface area contributed by atoms with Crippen LogP contribution in [0, 0.1) is 6.92 Å². The number of aromatic hydroxyl groups is 1. The first-order valence-corrected chi connectivity index (χ1v) is 10.5. The fraction of sp³-hybridized carbons (Fsp3) is 0.591. The highest BCUT2D eigenvalue weighted by Gasteiger charge is 2.32. The van der Waals surface area contributed by atoms with Crippen LogP contribution in [-0.4, -0.2) is 74.3 Å². The van der Waals surface area contributed by atoms with Gasteiger partial charge in [0.2, 0.25) is 0 Å². The van der Waals surface area contributed by atoms with E-state index in [2.05, 4.69) is 4.90 Å². The molecule has 2 aliphatic rings. The van der Waals surface area contributed by atoms with E-state index in [1.807, 2.05) is 0 Å². The number of carbonyl (C=O) groups is 3. The minimum Gasteiger partial charge on any atom is -0.507 e. The summed E-state index contributed by atoms with van der Waals surface area (Å²) >= 11 is 0. The summed E-state index contributed by atoms with van der Waals surface area (Å²) in [6, 6.07) is 0. The second-order valence-electron chi connectivity index (χ2n) is 7.63. The zero-order valence-electron chi connectivity index (χ0n) is 18.0. The van der Waals surface area contributed by atoms with Crippen LogP contribution >= 0.6 is 0 Å². The number of methoxy groups -OCH3 is 1. The Morgan fingerprint density at radius 3 is 2.61 bits per heavy atom. The van der Waals surface area contributed by atoms with E-state index in [0.29, 0.717) is 48.8 Å². The second kappa shape index (κ2) is 10.6. The average molecular weight is 435 g/mol. The van der Waals surface area contributed by atoms with Crippen molar-refractivity contribution in [3.8, 4) is 11.5 Å². The molecule has 1 aromatic rings. The molecule has 1 fully saturated rings. The Kier molecular flexibility index (Phi) is 7.86. The van der Waals surface area contributed by atoms with Gasteiger partial charge >= 0.3 is 11.9 Å². The van der Waals surface area contributed by atoms with Crippen molar-refractivity contribution in [2.24, 2.45) is 0 Å². The van der Waals surface area contributed by atoms with E-state index in [9.17, 15) is 19.5 Å². The lowest BCUT2D eigenvalue weighted by atomic mass is 9.94. The maximum atomic E-state index is 12.3. The predicted octanol–water partition coefficient (Wildman–Crippen LogP) is 1.54. The third-order valence-corrected chi connectivity index (χ3v) is 5.68. The molecule has 0 aromatic heterocycles. The summed E-state index contributed by atoms with van der Waals surface area (Å²) in [4.78, 5) is 38.3. The highest BCUT2D eigenvalue weighted by atomic mass is 16.5. The van der Waals surface area contributed by atoms with Gasteiger partial charge in [-0.25, -0.2) is 4.79 Å². The fourth-order valence-electron chi connectivity index (χ4n) is 3.89. The molecule has 0 spiro atoms. The molecule has 0 atom stereocenters. The molecule has 3 rings (SSSR count). The number of morpholine rings is 1. The van der Waals surface area contributed by atoms with Gasteiger partial charge < -0.3 is 24.1 Å². The van der Waals surface area contributed by atoms with Crippen LogP contribution in [0.5, 0.6) is 11.5 Å². The summed E-state index contributed by atoms with van der Waals surface area (Å²) in [5, 5.41) is 10.6. The van der Waals surface area contributed by atoms with E-state index in [1.165, 1.54) is 7.11 Å². The molecule has 2 heterocycles. The monoisotopic (exact) mass is 435 g/mol. The van der Waals surface area contributed by atoms with Gasteiger partial charge in [-0.2, -0.15) is 0 Å². The van der Waals surface area contributed by atoms with E-state index in [0.717, 1.165) is 13.1 Å². The number of carbonyl (C=O) groups excluding carboxylic acids is 3. The molecular weight excluding hydrogens is 406 g/mol. The number of hydrogen-bond acceptors (Lipinski definition) is 9. The first kappa shape index (κ1) is 23.0. The number of benzene rings is 1. The summed E-state index contributed by atoms with van der Waals surface area (Å²) in [5.41, 5.74) is 1.87. The summed E-state index contributed by atoms with van der Waals surface area (Å²) < 4.78 is 20.9. The molecule has 1 N–H and O–H groups in total. The van der Waals surface area contributed by atoms with Gasteiger partial charge in [-0.1, -0.05) is 0 Å². The molecule has 31 heavy (non-hydrogen) atoms. The molecule has 170 valence electrons. The Morgan fingerprint density at radius 2 is 1.90 bits per heavy atom. The first-order chi connectivity index (χ1) is 14.9. The molecule has 0 bridgehead atoms. The minimum absolute atomic E-state index is 0.0145. The number of phenols is 1. The average Bonchev–Trinajstić information content (AvgIpc) is 3.16. The van der Waals surface area contributed by atoms with E-state index in [4.69, 9.17) is 18.9 Å². The molecule has 1 aromatic carbocycles. The molecule has 0 saturated carbocycles. The van der Waals surface area contributed by atoms with Crippen LogP contribution in [0.2, 0.25) is 0 Å². The topological polar surface area (TPSA) is 112 Å². The van der Waals surface area contributed by atoms with Crippen molar-refractivity contribution < 1.29 is 38.4 Å². The summed E-state index contributed by atoms with van der Waals surface area (Å²) in [5.74, 6) is -0.865. The SMILES string of the molecule is COc1c(C)c2c(c(O)c1CCC(=O)CCC(=O)OCCN1CCOCC1)C(=O)OC2. The molecule has 9 heteroatoms. The van der Waals surface area contributed by atoms with Crippen LogP contribution in [0.15, 0.2) is 0 Å². The molecule has 0 unspecified atom stereocenters.